The highest BCUT2D eigenvalue weighted by Gasteiger charge is 2.35. The first-order valence-electron chi connectivity index (χ1n) is 17.8. The van der Waals surface area contributed by atoms with Gasteiger partial charge in [0, 0.05) is 23.9 Å². The molecule has 2 aromatic carbocycles. The first kappa shape index (κ1) is 40.8. The second kappa shape index (κ2) is 17.5. The van der Waals surface area contributed by atoms with Crippen molar-refractivity contribution in [1.29, 1.82) is 0 Å². The Morgan fingerprint density at radius 2 is 1.50 bits per heavy atom. The van der Waals surface area contributed by atoms with E-state index in [4.69, 9.17) is 19.1 Å². The maximum Gasteiger partial charge on any atom is 0.241 e. The summed E-state index contributed by atoms with van der Waals surface area (Å²) in [5.74, 6) is 2.16. The summed E-state index contributed by atoms with van der Waals surface area (Å²) in [6, 6.07) is 16.1. The fourth-order valence-electron chi connectivity index (χ4n) is 4.10. The van der Waals surface area contributed by atoms with Crippen LogP contribution in [0.3, 0.4) is 0 Å². The molecule has 1 fully saturated rings. The molecule has 1 saturated carbocycles. The molecule has 2 heterocycles. The third-order valence-corrected chi connectivity index (χ3v) is 10.6. The van der Waals surface area contributed by atoms with Gasteiger partial charge in [-0.2, -0.15) is 0 Å². The van der Waals surface area contributed by atoms with Crippen LogP contribution in [0.5, 0.6) is 5.88 Å². The summed E-state index contributed by atoms with van der Waals surface area (Å²) < 4.78 is 36.4. The zero-order chi connectivity index (χ0) is 37.3. The molecule has 9 nitrogen and oxygen atoms in total. The number of allylic oxidation sites excluding steroid dienone is 1. The molecule has 0 spiro atoms. The van der Waals surface area contributed by atoms with E-state index >= 15 is 0 Å². The topological polar surface area (TPSA) is 120 Å². The van der Waals surface area contributed by atoms with Gasteiger partial charge in [0.15, 0.2) is 0 Å². The van der Waals surface area contributed by atoms with Crippen LogP contribution >= 0.6 is 0 Å². The van der Waals surface area contributed by atoms with Crippen molar-refractivity contribution in [2.45, 2.75) is 132 Å². The highest BCUT2D eigenvalue weighted by Crippen LogP contribution is 2.36. The number of hydrogen-bond donors (Lipinski definition) is 1. The van der Waals surface area contributed by atoms with Gasteiger partial charge in [-0.05, 0) is 81.5 Å². The lowest BCUT2D eigenvalue weighted by atomic mass is 9.71. The van der Waals surface area contributed by atoms with Gasteiger partial charge in [0.1, 0.15) is 5.69 Å². The molecular formula is C40H59N5O4S. The van der Waals surface area contributed by atoms with Crippen LogP contribution in [-0.4, -0.2) is 46.0 Å². The van der Waals surface area contributed by atoms with E-state index in [9.17, 15) is 8.42 Å². The third kappa shape index (κ3) is 12.9. The second-order valence-corrected chi connectivity index (χ2v) is 17.8. The molecule has 1 N–H and O–H groups in total. The van der Waals surface area contributed by atoms with Crippen LogP contribution in [0.4, 0.5) is 0 Å². The molecule has 0 saturated heterocycles. The SMILES string of the molecule is CC(C)(C)C(C)(C)C.CC(C)NS(=O)(=O)C1CC1.CC(C)Oc1nc2ccccc2nc1-c1cccc(/C=C/CCc2nnc(C(C)C)o2)c1. The molecule has 10 heteroatoms. The summed E-state index contributed by atoms with van der Waals surface area (Å²) in [5.41, 5.74) is 5.35. The summed E-state index contributed by atoms with van der Waals surface area (Å²) in [6.45, 7) is 25.4. The van der Waals surface area contributed by atoms with Crippen LogP contribution in [0.1, 0.15) is 126 Å². The van der Waals surface area contributed by atoms with E-state index in [2.05, 4.69) is 80.7 Å². The molecule has 274 valence electrons. The lowest BCUT2D eigenvalue weighted by Gasteiger charge is -2.34. The molecular weight excluding hydrogens is 647 g/mol. The molecule has 1 aliphatic rings. The van der Waals surface area contributed by atoms with E-state index in [1.807, 2.05) is 77.9 Å². The molecule has 5 rings (SSSR count). The van der Waals surface area contributed by atoms with E-state index in [1.54, 1.807) is 0 Å². The molecule has 0 radical (unpaired) electrons. The standard InChI is InChI=1S/C26H28N4O2.C8H18.C6H13NO2S/c1-17(2)25-30-29-23(32-25)15-8-5-10-19-11-9-12-20(16-19)24-26(31-18(3)4)28-22-14-7-6-13-21(22)27-24;1-7(2,3)8(4,5)6;1-5(2)7-10(8,9)6-3-4-6/h5-7,9-14,16-18H,8,15H2,1-4H3;1-6H3;5-7H,3-4H2,1-2H3/b10-5+;;. The van der Waals surface area contributed by atoms with Gasteiger partial charge < -0.3 is 9.15 Å². The normalized spacial score (nSPS) is 13.8. The minimum atomic E-state index is -2.94. The van der Waals surface area contributed by atoms with Crippen LogP contribution in [0, 0.1) is 10.8 Å². The second-order valence-electron chi connectivity index (χ2n) is 15.8. The van der Waals surface area contributed by atoms with Gasteiger partial charge in [-0.1, -0.05) is 97.9 Å². The first-order chi connectivity index (χ1) is 23.3. The summed E-state index contributed by atoms with van der Waals surface area (Å²) in [6.07, 6.45) is 7.44. The fraction of sp³-hybridized carbons (Fsp3) is 0.550. The predicted octanol–water partition coefficient (Wildman–Crippen LogP) is 9.79. The number of benzene rings is 2. The summed E-state index contributed by atoms with van der Waals surface area (Å²) in [5, 5.41) is 8.11. The molecule has 0 aliphatic heterocycles. The largest absolute Gasteiger partial charge is 0.473 e. The number of nitrogens with one attached hydrogen (secondary N) is 1. The van der Waals surface area contributed by atoms with Crippen molar-refractivity contribution in [2.75, 3.05) is 0 Å². The number of aryl methyl sites for hydroxylation is 1. The number of sulfonamides is 1. The van der Waals surface area contributed by atoms with Crippen molar-refractivity contribution in [1.82, 2.24) is 24.9 Å². The third-order valence-electron chi connectivity index (χ3n) is 8.47. The van der Waals surface area contributed by atoms with E-state index in [-0.39, 0.29) is 23.3 Å². The van der Waals surface area contributed by atoms with E-state index < -0.39 is 10.0 Å². The molecule has 0 atom stereocenters. The van der Waals surface area contributed by atoms with Crippen LogP contribution in [0.25, 0.3) is 28.4 Å². The average molecular weight is 706 g/mol. The number of rotatable bonds is 11. The van der Waals surface area contributed by atoms with Crippen molar-refractivity contribution in [3.8, 4) is 17.1 Å². The van der Waals surface area contributed by atoms with Crippen molar-refractivity contribution >= 4 is 27.1 Å². The molecule has 0 unspecified atom stereocenters. The van der Waals surface area contributed by atoms with Gasteiger partial charge in [-0.25, -0.2) is 23.1 Å². The average Bonchev–Trinajstić information content (AvgIpc) is 3.77. The fourth-order valence-corrected chi connectivity index (χ4v) is 5.70. The van der Waals surface area contributed by atoms with Crippen LogP contribution in [0.2, 0.25) is 0 Å². The minimum absolute atomic E-state index is 0.00759. The van der Waals surface area contributed by atoms with Gasteiger partial charge in [0.05, 0.1) is 22.4 Å². The number of hydrogen-bond acceptors (Lipinski definition) is 8. The zero-order valence-corrected chi connectivity index (χ0v) is 33.1. The Kier molecular flexibility index (Phi) is 14.3. The monoisotopic (exact) mass is 705 g/mol. The Hall–Kier alpha value is -3.63. The van der Waals surface area contributed by atoms with Crippen molar-refractivity contribution in [3.05, 3.63) is 72.0 Å². The predicted molar refractivity (Wildman–Crippen MR) is 206 cm³/mol. The van der Waals surface area contributed by atoms with Crippen molar-refractivity contribution in [2.24, 2.45) is 10.8 Å². The zero-order valence-electron chi connectivity index (χ0n) is 32.2. The van der Waals surface area contributed by atoms with E-state index in [1.165, 1.54) is 0 Å². The number of para-hydroxylation sites is 2. The Labute approximate surface area is 300 Å². The first-order valence-corrected chi connectivity index (χ1v) is 19.3. The van der Waals surface area contributed by atoms with Crippen molar-refractivity contribution < 1.29 is 17.6 Å². The van der Waals surface area contributed by atoms with E-state index in [0.717, 1.165) is 53.5 Å². The number of nitrogens with zero attached hydrogens (tertiary/aromatic N) is 4. The Morgan fingerprint density at radius 3 is 2.02 bits per heavy atom. The molecule has 50 heavy (non-hydrogen) atoms. The molecule has 0 bridgehead atoms. The van der Waals surface area contributed by atoms with Gasteiger partial charge in [-0.15, -0.1) is 10.2 Å². The summed E-state index contributed by atoms with van der Waals surface area (Å²) >= 11 is 0. The number of ether oxygens (including phenoxy) is 1. The Bertz CT molecular complexity index is 1780. The molecule has 0 amide bonds. The van der Waals surface area contributed by atoms with Crippen LogP contribution < -0.4 is 9.46 Å². The Morgan fingerprint density at radius 1 is 0.880 bits per heavy atom. The molecule has 2 aromatic heterocycles. The van der Waals surface area contributed by atoms with Crippen molar-refractivity contribution in [3.63, 3.8) is 0 Å². The van der Waals surface area contributed by atoms with Crippen LogP contribution in [-0.2, 0) is 16.4 Å². The minimum Gasteiger partial charge on any atom is -0.473 e. The van der Waals surface area contributed by atoms with E-state index in [0.29, 0.717) is 28.5 Å². The van der Waals surface area contributed by atoms with Gasteiger partial charge >= 0.3 is 0 Å². The lowest BCUT2D eigenvalue weighted by molar-refractivity contribution is 0.157. The molecule has 1 aliphatic carbocycles. The van der Waals surface area contributed by atoms with Gasteiger partial charge in [-0.3, -0.25) is 0 Å². The highest BCUT2D eigenvalue weighted by atomic mass is 32.2. The smallest absolute Gasteiger partial charge is 0.241 e. The number of aromatic nitrogens is 4. The lowest BCUT2D eigenvalue weighted by Crippen LogP contribution is -2.32. The van der Waals surface area contributed by atoms with Crippen LogP contribution in [0.15, 0.2) is 59.0 Å². The maximum absolute atomic E-state index is 11.1. The van der Waals surface area contributed by atoms with Gasteiger partial charge in [0.25, 0.3) is 0 Å². The summed E-state index contributed by atoms with van der Waals surface area (Å²) in [7, 11) is -2.94. The molecule has 4 aromatic rings. The quantitative estimate of drug-likeness (QED) is 0.164. The van der Waals surface area contributed by atoms with Gasteiger partial charge in [0.2, 0.25) is 27.7 Å². The maximum atomic E-state index is 11.1. The Balaban J connectivity index is 0.000000307. The number of fused-ring (bicyclic) bond motifs is 1. The summed E-state index contributed by atoms with van der Waals surface area (Å²) in [4.78, 5) is 9.57. The highest BCUT2D eigenvalue weighted by molar-refractivity contribution is 7.90.